The summed E-state index contributed by atoms with van der Waals surface area (Å²) in [6.07, 6.45) is 0. The van der Waals surface area contributed by atoms with Crippen molar-refractivity contribution in [1.82, 2.24) is 15.0 Å². The standard InChI is InChI=1S/C51H31N3OS/c1-3-12-32(13-4-1)33-24-26-34(27-25-33)36-16-9-17-37(30-36)38-28-29-44-43(31-38)47-41(20-11-22-45(47)55-44)50-52-49(35-14-5-2-6-15-35)53-51(54-50)42-21-10-19-40-39-18-7-8-23-46(39)56-48(40)42/h1-31H. The number of hydrogen-bond donors (Lipinski definition) is 0. The van der Waals surface area contributed by atoms with Gasteiger partial charge in [0.05, 0.1) is 0 Å². The van der Waals surface area contributed by atoms with E-state index in [9.17, 15) is 0 Å². The van der Waals surface area contributed by atoms with Gasteiger partial charge in [0.25, 0.3) is 0 Å². The third-order valence-corrected chi connectivity index (χ3v) is 11.8. The molecule has 8 aromatic carbocycles. The Morgan fingerprint density at radius 2 is 0.875 bits per heavy atom. The van der Waals surface area contributed by atoms with Crippen LogP contribution in [0.3, 0.4) is 0 Å². The molecule has 11 rings (SSSR count). The van der Waals surface area contributed by atoms with Crippen molar-refractivity contribution in [3.05, 3.63) is 188 Å². The van der Waals surface area contributed by atoms with E-state index < -0.39 is 0 Å². The molecule has 0 saturated heterocycles. The first-order valence-electron chi connectivity index (χ1n) is 18.7. The van der Waals surface area contributed by atoms with Gasteiger partial charge in [-0.2, -0.15) is 0 Å². The van der Waals surface area contributed by atoms with Gasteiger partial charge in [-0.3, -0.25) is 0 Å². The van der Waals surface area contributed by atoms with Crippen LogP contribution >= 0.6 is 11.3 Å². The van der Waals surface area contributed by atoms with Crippen LogP contribution in [0.2, 0.25) is 0 Å². The number of thiophene rings is 1. The van der Waals surface area contributed by atoms with Gasteiger partial charge in [-0.05, 0) is 69.8 Å². The second-order valence-corrected chi connectivity index (χ2v) is 15.0. The van der Waals surface area contributed by atoms with Gasteiger partial charge in [0.2, 0.25) is 0 Å². The molecule has 3 aromatic heterocycles. The number of furan rings is 1. The van der Waals surface area contributed by atoms with Gasteiger partial charge >= 0.3 is 0 Å². The smallest absolute Gasteiger partial charge is 0.165 e. The van der Waals surface area contributed by atoms with Gasteiger partial charge in [-0.1, -0.05) is 152 Å². The SMILES string of the molecule is c1ccc(-c2ccc(-c3cccc(-c4ccc5oc6cccc(-c7nc(-c8ccccc8)nc(-c8cccc9c8sc8ccccc89)n7)c6c5c4)c3)cc2)cc1. The highest BCUT2D eigenvalue weighted by molar-refractivity contribution is 7.26. The fraction of sp³-hybridized carbons (Fsp3) is 0. The van der Waals surface area contributed by atoms with Crippen LogP contribution in [0.4, 0.5) is 0 Å². The molecule has 0 aliphatic carbocycles. The molecule has 11 aromatic rings. The molecule has 0 bridgehead atoms. The Hall–Kier alpha value is -7.21. The Morgan fingerprint density at radius 3 is 1.68 bits per heavy atom. The molecule has 0 N–H and O–H groups in total. The van der Waals surface area contributed by atoms with Crippen molar-refractivity contribution in [1.29, 1.82) is 0 Å². The maximum Gasteiger partial charge on any atom is 0.165 e. The minimum Gasteiger partial charge on any atom is -0.456 e. The second-order valence-electron chi connectivity index (χ2n) is 14.0. The number of aromatic nitrogens is 3. The van der Waals surface area contributed by atoms with Crippen LogP contribution < -0.4 is 0 Å². The van der Waals surface area contributed by atoms with E-state index in [2.05, 4.69) is 152 Å². The van der Waals surface area contributed by atoms with Crippen molar-refractivity contribution in [3.63, 3.8) is 0 Å². The number of benzene rings is 8. The monoisotopic (exact) mass is 733 g/mol. The molecule has 262 valence electrons. The normalized spacial score (nSPS) is 11.6. The fourth-order valence-corrected chi connectivity index (χ4v) is 9.02. The molecule has 0 fully saturated rings. The summed E-state index contributed by atoms with van der Waals surface area (Å²) >= 11 is 1.78. The first-order chi connectivity index (χ1) is 27.7. The average Bonchev–Trinajstić information content (AvgIpc) is 3.85. The molecule has 0 atom stereocenters. The zero-order chi connectivity index (χ0) is 37.0. The number of fused-ring (bicyclic) bond motifs is 6. The third-order valence-electron chi connectivity index (χ3n) is 10.6. The highest BCUT2D eigenvalue weighted by Crippen LogP contribution is 2.42. The van der Waals surface area contributed by atoms with E-state index in [0.717, 1.165) is 54.5 Å². The molecule has 0 saturated carbocycles. The molecule has 0 aliphatic rings. The van der Waals surface area contributed by atoms with Gasteiger partial charge < -0.3 is 4.42 Å². The molecule has 3 heterocycles. The Kier molecular flexibility index (Phi) is 7.64. The van der Waals surface area contributed by atoms with Crippen molar-refractivity contribution in [2.45, 2.75) is 0 Å². The van der Waals surface area contributed by atoms with Gasteiger partial charge in [0.15, 0.2) is 17.5 Å². The minimum absolute atomic E-state index is 0.603. The molecule has 0 spiro atoms. The van der Waals surface area contributed by atoms with Crippen LogP contribution in [0.1, 0.15) is 0 Å². The third kappa shape index (κ3) is 5.56. The van der Waals surface area contributed by atoms with Gasteiger partial charge in [0, 0.05) is 47.6 Å². The predicted molar refractivity (Wildman–Crippen MR) is 233 cm³/mol. The summed E-state index contributed by atoms with van der Waals surface area (Å²) < 4.78 is 8.90. The van der Waals surface area contributed by atoms with Crippen molar-refractivity contribution in [2.75, 3.05) is 0 Å². The Bertz CT molecular complexity index is 3240. The largest absolute Gasteiger partial charge is 0.456 e. The van der Waals surface area contributed by atoms with Crippen LogP contribution in [-0.4, -0.2) is 15.0 Å². The topological polar surface area (TPSA) is 51.8 Å². The maximum absolute atomic E-state index is 6.50. The summed E-state index contributed by atoms with van der Waals surface area (Å²) in [4.78, 5) is 15.5. The molecular formula is C51H31N3OS. The maximum atomic E-state index is 6.50. The van der Waals surface area contributed by atoms with Crippen molar-refractivity contribution in [2.24, 2.45) is 0 Å². The van der Waals surface area contributed by atoms with Crippen LogP contribution in [0, 0.1) is 0 Å². The molecule has 4 nitrogen and oxygen atoms in total. The molecule has 56 heavy (non-hydrogen) atoms. The predicted octanol–water partition coefficient (Wildman–Crippen LogP) is 14.1. The molecule has 0 unspecified atom stereocenters. The summed E-state index contributed by atoms with van der Waals surface area (Å²) in [6, 6.07) is 65.7. The number of rotatable bonds is 6. The zero-order valence-corrected chi connectivity index (χ0v) is 30.9. The van der Waals surface area contributed by atoms with Gasteiger partial charge in [0.1, 0.15) is 11.2 Å². The van der Waals surface area contributed by atoms with E-state index in [1.165, 1.54) is 37.7 Å². The van der Waals surface area contributed by atoms with Crippen molar-refractivity contribution < 1.29 is 4.42 Å². The summed E-state index contributed by atoms with van der Waals surface area (Å²) in [5, 5.41) is 4.44. The van der Waals surface area contributed by atoms with Gasteiger partial charge in [-0.25, -0.2) is 15.0 Å². The van der Waals surface area contributed by atoms with Gasteiger partial charge in [-0.15, -0.1) is 11.3 Å². The minimum atomic E-state index is 0.603. The first-order valence-corrected chi connectivity index (χ1v) is 19.5. The fourth-order valence-electron chi connectivity index (χ4n) is 7.81. The van der Waals surface area contributed by atoms with E-state index in [4.69, 9.17) is 19.4 Å². The van der Waals surface area contributed by atoms with Crippen molar-refractivity contribution >= 4 is 53.4 Å². The molecule has 0 radical (unpaired) electrons. The second kappa shape index (κ2) is 13.3. The van der Waals surface area contributed by atoms with E-state index in [1.54, 1.807) is 11.3 Å². The summed E-state index contributed by atoms with van der Waals surface area (Å²) in [5.74, 6) is 1.87. The lowest BCUT2D eigenvalue weighted by molar-refractivity contribution is 0.669. The highest BCUT2D eigenvalue weighted by Gasteiger charge is 2.20. The summed E-state index contributed by atoms with van der Waals surface area (Å²) in [6.45, 7) is 0. The van der Waals surface area contributed by atoms with E-state index in [1.807, 2.05) is 36.4 Å². The lowest BCUT2D eigenvalue weighted by Crippen LogP contribution is -2.00. The number of nitrogens with zero attached hydrogens (tertiary/aromatic N) is 3. The Morgan fingerprint density at radius 1 is 0.339 bits per heavy atom. The zero-order valence-electron chi connectivity index (χ0n) is 30.1. The van der Waals surface area contributed by atoms with Crippen molar-refractivity contribution in [3.8, 4) is 67.5 Å². The van der Waals surface area contributed by atoms with E-state index in [0.29, 0.717) is 17.5 Å². The van der Waals surface area contributed by atoms with Crippen LogP contribution in [0.15, 0.2) is 192 Å². The lowest BCUT2D eigenvalue weighted by Gasteiger charge is -2.10. The van der Waals surface area contributed by atoms with Crippen LogP contribution in [0.5, 0.6) is 0 Å². The summed E-state index contributed by atoms with van der Waals surface area (Å²) in [7, 11) is 0. The van der Waals surface area contributed by atoms with Crippen LogP contribution in [-0.2, 0) is 0 Å². The number of hydrogen-bond acceptors (Lipinski definition) is 5. The van der Waals surface area contributed by atoms with Crippen LogP contribution in [0.25, 0.3) is 110 Å². The van der Waals surface area contributed by atoms with E-state index >= 15 is 0 Å². The Labute approximate surface area is 327 Å². The first kappa shape index (κ1) is 32.2. The van der Waals surface area contributed by atoms with E-state index in [-0.39, 0.29) is 0 Å². The lowest BCUT2D eigenvalue weighted by atomic mass is 9.96. The molecule has 0 amide bonds. The molecular weight excluding hydrogens is 703 g/mol. The average molecular weight is 734 g/mol. The molecule has 5 heteroatoms. The highest BCUT2D eigenvalue weighted by atomic mass is 32.1. The molecule has 0 aliphatic heterocycles. The quantitative estimate of drug-likeness (QED) is 0.171. The summed E-state index contributed by atoms with van der Waals surface area (Å²) in [5.41, 5.74) is 11.4. The Balaban J connectivity index is 1.05.